The van der Waals surface area contributed by atoms with E-state index in [0.29, 0.717) is 6.54 Å². The van der Waals surface area contributed by atoms with Crippen molar-refractivity contribution in [1.82, 2.24) is 15.5 Å². The molecule has 1 aromatic carbocycles. The number of nitrogens with zero attached hydrogens (tertiary/aromatic N) is 1. The molecule has 0 aromatic heterocycles. The van der Waals surface area contributed by atoms with E-state index >= 15 is 0 Å². The molecule has 1 aromatic rings. The third kappa shape index (κ3) is 7.56. The Balaban J connectivity index is 2.27. The van der Waals surface area contributed by atoms with Crippen molar-refractivity contribution in [2.24, 2.45) is 0 Å². The molecule has 2 unspecified atom stereocenters. The number of carbonyl (C=O) groups is 3. The first-order valence-electron chi connectivity index (χ1n) is 11.2. The molecule has 0 spiro atoms. The number of nitrogens with one attached hydrogen (secondary N) is 2. The fourth-order valence-corrected chi connectivity index (χ4v) is 3.40. The van der Waals surface area contributed by atoms with Crippen molar-refractivity contribution in [3.8, 4) is 0 Å². The van der Waals surface area contributed by atoms with Crippen molar-refractivity contribution in [2.45, 2.75) is 91.0 Å². The van der Waals surface area contributed by atoms with Crippen molar-refractivity contribution in [1.29, 1.82) is 0 Å². The monoisotopic (exact) mass is 431 g/mol. The lowest BCUT2D eigenvalue weighted by Crippen LogP contribution is -2.52. The Morgan fingerprint density at radius 1 is 1.23 bits per heavy atom. The zero-order chi connectivity index (χ0) is 23.2. The number of aryl methyl sites for hydroxylation is 1. The normalized spacial score (nSPS) is 15.5. The number of hydrogen-bond donors (Lipinski definition) is 2. The van der Waals surface area contributed by atoms with Crippen LogP contribution in [0.2, 0.25) is 0 Å². The van der Waals surface area contributed by atoms with E-state index in [4.69, 9.17) is 4.74 Å². The van der Waals surface area contributed by atoms with Gasteiger partial charge in [-0.15, -0.1) is 0 Å². The van der Waals surface area contributed by atoms with E-state index in [0.717, 1.165) is 36.8 Å². The summed E-state index contributed by atoms with van der Waals surface area (Å²) in [6.07, 6.45) is 2.88. The highest BCUT2D eigenvalue weighted by Crippen LogP contribution is 2.35. The highest BCUT2D eigenvalue weighted by Gasteiger charge is 2.43. The van der Waals surface area contributed by atoms with E-state index in [1.54, 1.807) is 32.6 Å². The molecule has 172 valence electrons. The van der Waals surface area contributed by atoms with Crippen molar-refractivity contribution in [3.05, 3.63) is 35.4 Å². The minimum absolute atomic E-state index is 0.0159. The van der Waals surface area contributed by atoms with E-state index in [-0.39, 0.29) is 17.9 Å². The van der Waals surface area contributed by atoms with E-state index in [1.807, 2.05) is 31.2 Å². The smallest absolute Gasteiger partial charge is 0.408 e. The Bertz CT molecular complexity index is 783. The number of rotatable bonds is 9. The molecular formula is C24H37N3O4. The molecule has 2 N–H and O–H groups in total. The van der Waals surface area contributed by atoms with Crippen LogP contribution < -0.4 is 10.6 Å². The zero-order valence-corrected chi connectivity index (χ0v) is 19.7. The molecule has 7 nitrogen and oxygen atoms in total. The minimum atomic E-state index is -0.814. The maximum absolute atomic E-state index is 13.4. The van der Waals surface area contributed by atoms with Gasteiger partial charge in [0.1, 0.15) is 17.7 Å². The second-order valence-electron chi connectivity index (χ2n) is 9.31. The van der Waals surface area contributed by atoms with Gasteiger partial charge < -0.3 is 20.3 Å². The van der Waals surface area contributed by atoms with Crippen LogP contribution in [0, 0.1) is 6.92 Å². The van der Waals surface area contributed by atoms with Gasteiger partial charge in [-0.2, -0.15) is 0 Å². The molecule has 3 amide bonds. The first-order chi connectivity index (χ1) is 14.5. The van der Waals surface area contributed by atoms with Crippen LogP contribution in [0.5, 0.6) is 0 Å². The summed E-state index contributed by atoms with van der Waals surface area (Å²) in [6.45, 7) is 11.5. The molecule has 0 saturated heterocycles. The molecule has 1 aliphatic rings. The third-order valence-electron chi connectivity index (χ3n) is 5.01. The molecule has 0 heterocycles. The van der Waals surface area contributed by atoms with Crippen LogP contribution in [0.25, 0.3) is 0 Å². The van der Waals surface area contributed by atoms with E-state index in [1.165, 1.54) is 0 Å². The van der Waals surface area contributed by atoms with E-state index < -0.39 is 23.8 Å². The molecule has 7 heteroatoms. The fraction of sp³-hybridized carbons (Fsp3) is 0.625. The number of benzene rings is 1. The SMILES string of the molecule is CCCCNC(=O)C(c1cccc(C)c1)N(C(=O)C(C)NC(=O)OC(C)(C)C)C1CC1. The summed E-state index contributed by atoms with van der Waals surface area (Å²) in [4.78, 5) is 40.5. The summed E-state index contributed by atoms with van der Waals surface area (Å²) in [5.41, 5.74) is 1.14. The molecular weight excluding hydrogens is 394 g/mol. The molecule has 1 saturated carbocycles. The number of alkyl carbamates (subject to hydrolysis) is 1. The predicted molar refractivity (Wildman–Crippen MR) is 121 cm³/mol. The van der Waals surface area contributed by atoms with Crippen molar-refractivity contribution < 1.29 is 19.1 Å². The Hall–Kier alpha value is -2.57. The summed E-state index contributed by atoms with van der Waals surface area (Å²) in [5.74, 6) is -0.478. The minimum Gasteiger partial charge on any atom is -0.444 e. The van der Waals surface area contributed by atoms with Crippen molar-refractivity contribution in [2.75, 3.05) is 6.54 Å². The largest absolute Gasteiger partial charge is 0.444 e. The average molecular weight is 432 g/mol. The number of amides is 3. The van der Waals surface area contributed by atoms with E-state index in [9.17, 15) is 14.4 Å². The van der Waals surface area contributed by atoms with Gasteiger partial charge >= 0.3 is 6.09 Å². The molecule has 0 radical (unpaired) electrons. The molecule has 1 aliphatic carbocycles. The van der Waals surface area contributed by atoms with Crippen LogP contribution in [0.3, 0.4) is 0 Å². The first kappa shape index (κ1) is 24.7. The first-order valence-corrected chi connectivity index (χ1v) is 11.2. The summed E-state index contributed by atoms with van der Waals surface area (Å²) in [7, 11) is 0. The van der Waals surface area contributed by atoms with Crippen LogP contribution in [-0.2, 0) is 14.3 Å². The Morgan fingerprint density at radius 2 is 1.90 bits per heavy atom. The molecule has 0 aliphatic heterocycles. The molecule has 1 fully saturated rings. The van der Waals surface area contributed by atoms with Gasteiger partial charge in [0.25, 0.3) is 0 Å². The Labute approximate surface area is 185 Å². The van der Waals surface area contributed by atoms with Crippen LogP contribution in [0.1, 0.15) is 77.5 Å². The second kappa shape index (κ2) is 10.6. The zero-order valence-electron chi connectivity index (χ0n) is 19.7. The Kier molecular flexibility index (Phi) is 8.48. The maximum atomic E-state index is 13.4. The quantitative estimate of drug-likeness (QED) is 0.581. The third-order valence-corrected chi connectivity index (χ3v) is 5.01. The van der Waals surface area contributed by atoms with Gasteiger partial charge in [-0.05, 0) is 59.4 Å². The van der Waals surface area contributed by atoms with Gasteiger partial charge in [-0.25, -0.2) is 4.79 Å². The fourth-order valence-electron chi connectivity index (χ4n) is 3.40. The summed E-state index contributed by atoms with van der Waals surface area (Å²) in [6, 6.07) is 6.12. The molecule has 31 heavy (non-hydrogen) atoms. The van der Waals surface area contributed by atoms with Crippen LogP contribution >= 0.6 is 0 Å². The van der Waals surface area contributed by atoms with Crippen LogP contribution in [0.4, 0.5) is 4.79 Å². The van der Waals surface area contributed by atoms with Crippen molar-refractivity contribution >= 4 is 17.9 Å². The average Bonchev–Trinajstić information content (AvgIpc) is 3.48. The van der Waals surface area contributed by atoms with Crippen molar-refractivity contribution in [3.63, 3.8) is 0 Å². The lowest BCUT2D eigenvalue weighted by Gasteiger charge is -2.34. The number of carbonyl (C=O) groups excluding carboxylic acids is 3. The highest BCUT2D eigenvalue weighted by molar-refractivity contribution is 5.92. The lowest BCUT2D eigenvalue weighted by molar-refractivity contribution is -0.142. The van der Waals surface area contributed by atoms with Gasteiger partial charge in [0.15, 0.2) is 0 Å². The lowest BCUT2D eigenvalue weighted by atomic mass is 10.0. The van der Waals surface area contributed by atoms with Crippen LogP contribution in [-0.4, -0.2) is 47.0 Å². The number of unbranched alkanes of at least 4 members (excludes halogenated alkanes) is 1. The highest BCUT2D eigenvalue weighted by atomic mass is 16.6. The van der Waals surface area contributed by atoms with Gasteiger partial charge in [0, 0.05) is 12.6 Å². The molecule has 0 bridgehead atoms. The summed E-state index contributed by atoms with van der Waals surface area (Å²) < 4.78 is 5.29. The maximum Gasteiger partial charge on any atom is 0.408 e. The molecule has 2 atom stereocenters. The summed E-state index contributed by atoms with van der Waals surface area (Å²) >= 11 is 0. The van der Waals surface area contributed by atoms with Gasteiger partial charge in [0.05, 0.1) is 0 Å². The number of ether oxygens (including phenoxy) is 1. The topological polar surface area (TPSA) is 87.7 Å². The second-order valence-corrected chi connectivity index (χ2v) is 9.31. The van der Waals surface area contributed by atoms with Gasteiger partial charge in [-0.1, -0.05) is 43.2 Å². The Morgan fingerprint density at radius 3 is 2.45 bits per heavy atom. The van der Waals surface area contributed by atoms with Gasteiger partial charge in [0.2, 0.25) is 11.8 Å². The standard InChI is InChI=1S/C24H37N3O4/c1-7-8-14-25-21(28)20(18-11-9-10-16(2)15-18)27(19-12-13-19)22(29)17(3)26-23(30)31-24(4,5)6/h9-11,15,17,19-20H,7-8,12-14H2,1-6H3,(H,25,28)(H,26,30). The molecule has 2 rings (SSSR count). The summed E-state index contributed by atoms with van der Waals surface area (Å²) in [5, 5.41) is 5.61. The van der Waals surface area contributed by atoms with Crippen LogP contribution in [0.15, 0.2) is 24.3 Å². The van der Waals surface area contributed by atoms with E-state index in [2.05, 4.69) is 17.6 Å². The number of hydrogen-bond acceptors (Lipinski definition) is 4. The predicted octanol–water partition coefficient (Wildman–Crippen LogP) is 3.86. The van der Waals surface area contributed by atoms with Gasteiger partial charge in [-0.3, -0.25) is 9.59 Å².